The number of fused-ring (bicyclic) bond motifs is 1. The van der Waals surface area contributed by atoms with Crippen LogP contribution in [-0.4, -0.2) is 39.5 Å². The van der Waals surface area contributed by atoms with Gasteiger partial charge in [-0.1, -0.05) is 24.3 Å². The smallest absolute Gasteiger partial charge is 0.268 e. The first-order valence-electron chi connectivity index (χ1n) is 9.18. The quantitative estimate of drug-likeness (QED) is 0.789. The minimum atomic E-state index is 0.00776. The summed E-state index contributed by atoms with van der Waals surface area (Å²) in [6, 6.07) is 16.2. The van der Waals surface area contributed by atoms with Crippen molar-refractivity contribution in [2.24, 2.45) is 7.05 Å². The molecular weight excluding hydrogens is 324 g/mol. The Morgan fingerprint density at radius 2 is 2.08 bits per heavy atom. The monoisotopic (exact) mass is 348 g/mol. The van der Waals surface area contributed by atoms with Crippen molar-refractivity contribution in [3.05, 3.63) is 66.1 Å². The molecule has 5 nitrogen and oxygen atoms in total. The number of aromatic nitrogens is 2. The molecule has 1 unspecified atom stereocenters. The van der Waals surface area contributed by atoms with Crippen molar-refractivity contribution in [1.82, 2.24) is 19.8 Å². The van der Waals surface area contributed by atoms with Gasteiger partial charge in [0.05, 0.1) is 5.69 Å². The van der Waals surface area contributed by atoms with Crippen LogP contribution >= 0.6 is 0 Å². The number of nitrogens with zero attached hydrogens (tertiary/aromatic N) is 3. The fraction of sp³-hybridized carbons (Fsp3) is 0.333. The molecule has 1 aliphatic rings. The van der Waals surface area contributed by atoms with Crippen LogP contribution in [0.4, 0.5) is 0 Å². The third-order valence-corrected chi connectivity index (χ3v) is 5.14. The summed E-state index contributed by atoms with van der Waals surface area (Å²) >= 11 is 0. The first-order chi connectivity index (χ1) is 12.7. The van der Waals surface area contributed by atoms with Crippen molar-refractivity contribution in [2.45, 2.75) is 25.4 Å². The predicted octanol–water partition coefficient (Wildman–Crippen LogP) is 2.97. The average molecular weight is 348 g/mol. The molecule has 0 radical (unpaired) electrons. The number of hydrogen-bond acceptors (Lipinski definition) is 3. The average Bonchev–Trinajstić information content (AvgIpc) is 3.00. The van der Waals surface area contributed by atoms with Crippen molar-refractivity contribution in [3.8, 4) is 0 Å². The number of benzene rings is 1. The predicted molar refractivity (Wildman–Crippen MR) is 103 cm³/mol. The molecule has 1 saturated heterocycles. The number of amides is 1. The highest BCUT2D eigenvalue weighted by Gasteiger charge is 2.23. The van der Waals surface area contributed by atoms with Gasteiger partial charge in [-0.25, -0.2) is 0 Å². The molecule has 1 aromatic carbocycles. The van der Waals surface area contributed by atoms with Gasteiger partial charge >= 0.3 is 0 Å². The lowest BCUT2D eigenvalue weighted by molar-refractivity contribution is 0.0892. The number of piperidine rings is 1. The molecule has 3 aromatic rings. The molecule has 0 bridgehead atoms. The molecular formula is C21H24N4O. The fourth-order valence-corrected chi connectivity index (χ4v) is 3.80. The number of rotatable bonds is 4. The third kappa shape index (κ3) is 3.48. The Labute approximate surface area is 153 Å². The van der Waals surface area contributed by atoms with E-state index in [1.807, 2.05) is 60.3 Å². The molecule has 1 aliphatic heterocycles. The summed E-state index contributed by atoms with van der Waals surface area (Å²) in [5, 5.41) is 4.33. The van der Waals surface area contributed by atoms with Crippen LogP contribution in [0.3, 0.4) is 0 Å². The van der Waals surface area contributed by atoms with E-state index in [0.717, 1.165) is 49.1 Å². The van der Waals surface area contributed by atoms with Gasteiger partial charge < -0.3 is 9.88 Å². The lowest BCUT2D eigenvalue weighted by atomic mass is 10.1. The lowest BCUT2D eigenvalue weighted by Gasteiger charge is -2.32. The standard InChI is InChI=1S/C21H24N4O/c1-24-19-10-3-2-7-16(19)13-20(24)21(26)23-18-9-6-12-25(15-18)14-17-8-4-5-11-22-17/h2-5,7-8,10-11,13,18H,6,9,12,14-15H2,1H3,(H,23,26). The molecule has 26 heavy (non-hydrogen) atoms. The molecule has 0 spiro atoms. The summed E-state index contributed by atoms with van der Waals surface area (Å²) in [4.78, 5) is 19.6. The summed E-state index contributed by atoms with van der Waals surface area (Å²) in [7, 11) is 1.95. The van der Waals surface area contributed by atoms with E-state index < -0.39 is 0 Å². The second-order valence-electron chi connectivity index (χ2n) is 7.02. The Morgan fingerprint density at radius 1 is 1.23 bits per heavy atom. The number of likely N-dealkylation sites (tertiary alicyclic amines) is 1. The number of nitrogens with one attached hydrogen (secondary N) is 1. The Kier molecular flexibility index (Phi) is 4.71. The zero-order valence-corrected chi connectivity index (χ0v) is 15.1. The molecule has 1 fully saturated rings. The summed E-state index contributed by atoms with van der Waals surface area (Å²) in [5.74, 6) is 0.00776. The molecule has 1 atom stereocenters. The van der Waals surface area contributed by atoms with E-state index in [2.05, 4.69) is 21.3 Å². The highest BCUT2D eigenvalue weighted by atomic mass is 16.2. The van der Waals surface area contributed by atoms with Gasteiger partial charge in [0.25, 0.3) is 5.91 Å². The first kappa shape index (κ1) is 16.8. The Bertz CT molecular complexity index is 903. The third-order valence-electron chi connectivity index (χ3n) is 5.14. The Hall–Kier alpha value is -2.66. The summed E-state index contributed by atoms with van der Waals surface area (Å²) in [6.07, 6.45) is 3.94. The van der Waals surface area contributed by atoms with Crippen LogP contribution in [0.25, 0.3) is 10.9 Å². The van der Waals surface area contributed by atoms with Gasteiger partial charge in [0.15, 0.2) is 0 Å². The van der Waals surface area contributed by atoms with Crippen LogP contribution < -0.4 is 5.32 Å². The normalized spacial score (nSPS) is 18.1. The van der Waals surface area contributed by atoms with Gasteiger partial charge in [0, 0.05) is 43.3 Å². The summed E-state index contributed by atoms with van der Waals surface area (Å²) in [5.41, 5.74) is 2.87. The molecule has 0 saturated carbocycles. The van der Waals surface area contributed by atoms with Crippen LogP contribution in [0.2, 0.25) is 0 Å². The number of hydrogen-bond donors (Lipinski definition) is 1. The highest BCUT2D eigenvalue weighted by Crippen LogP contribution is 2.19. The minimum absolute atomic E-state index is 0.00776. The van der Waals surface area contributed by atoms with Crippen molar-refractivity contribution in [2.75, 3.05) is 13.1 Å². The number of carbonyl (C=O) groups is 1. The van der Waals surface area contributed by atoms with Crippen molar-refractivity contribution in [1.29, 1.82) is 0 Å². The maximum atomic E-state index is 12.8. The van der Waals surface area contributed by atoms with Crippen LogP contribution in [0, 0.1) is 0 Å². The lowest BCUT2D eigenvalue weighted by Crippen LogP contribution is -2.47. The van der Waals surface area contributed by atoms with Gasteiger partial charge in [0.2, 0.25) is 0 Å². The molecule has 3 heterocycles. The number of carbonyl (C=O) groups excluding carboxylic acids is 1. The SMILES string of the molecule is Cn1c(C(=O)NC2CCCN(Cc3ccccn3)C2)cc2ccccc21. The molecule has 1 amide bonds. The van der Waals surface area contributed by atoms with Gasteiger partial charge in [-0.3, -0.25) is 14.7 Å². The van der Waals surface area contributed by atoms with Crippen LogP contribution in [0.1, 0.15) is 29.0 Å². The zero-order chi connectivity index (χ0) is 17.9. The van der Waals surface area contributed by atoms with Crippen molar-refractivity contribution in [3.63, 3.8) is 0 Å². The van der Waals surface area contributed by atoms with Crippen LogP contribution in [0.5, 0.6) is 0 Å². The van der Waals surface area contributed by atoms with E-state index in [0.29, 0.717) is 5.69 Å². The first-order valence-corrected chi connectivity index (χ1v) is 9.18. The minimum Gasteiger partial charge on any atom is -0.347 e. The zero-order valence-electron chi connectivity index (χ0n) is 15.1. The largest absolute Gasteiger partial charge is 0.347 e. The van der Waals surface area contributed by atoms with E-state index in [1.54, 1.807) is 0 Å². The molecule has 5 heteroatoms. The van der Waals surface area contributed by atoms with Crippen molar-refractivity contribution >= 4 is 16.8 Å². The van der Waals surface area contributed by atoms with Gasteiger partial charge in [-0.05, 0) is 43.7 Å². The van der Waals surface area contributed by atoms with Gasteiger partial charge in [-0.15, -0.1) is 0 Å². The van der Waals surface area contributed by atoms with Crippen LogP contribution in [-0.2, 0) is 13.6 Å². The maximum Gasteiger partial charge on any atom is 0.268 e. The van der Waals surface area contributed by atoms with E-state index in [4.69, 9.17) is 0 Å². The summed E-state index contributed by atoms with van der Waals surface area (Å²) in [6.45, 7) is 2.75. The maximum absolute atomic E-state index is 12.8. The van der Waals surface area contributed by atoms with Crippen molar-refractivity contribution < 1.29 is 4.79 Å². The molecule has 2 aromatic heterocycles. The Balaban J connectivity index is 1.42. The summed E-state index contributed by atoms with van der Waals surface area (Å²) < 4.78 is 1.97. The topological polar surface area (TPSA) is 50.2 Å². The van der Waals surface area contributed by atoms with E-state index >= 15 is 0 Å². The van der Waals surface area contributed by atoms with Gasteiger partial charge in [-0.2, -0.15) is 0 Å². The van der Waals surface area contributed by atoms with E-state index in [9.17, 15) is 4.79 Å². The van der Waals surface area contributed by atoms with E-state index in [-0.39, 0.29) is 11.9 Å². The molecule has 1 N–H and O–H groups in total. The second-order valence-corrected chi connectivity index (χ2v) is 7.02. The van der Waals surface area contributed by atoms with E-state index in [1.165, 1.54) is 0 Å². The van der Waals surface area contributed by atoms with Crippen LogP contribution in [0.15, 0.2) is 54.7 Å². The number of pyridine rings is 1. The Morgan fingerprint density at radius 3 is 2.88 bits per heavy atom. The fourth-order valence-electron chi connectivity index (χ4n) is 3.80. The second kappa shape index (κ2) is 7.30. The number of para-hydroxylation sites is 1. The van der Waals surface area contributed by atoms with Gasteiger partial charge in [0.1, 0.15) is 5.69 Å². The highest BCUT2D eigenvalue weighted by molar-refractivity contribution is 5.98. The number of aryl methyl sites for hydroxylation is 1. The molecule has 0 aliphatic carbocycles. The molecule has 134 valence electrons. The molecule has 4 rings (SSSR count).